The van der Waals surface area contributed by atoms with Gasteiger partial charge in [0, 0.05) is 29.7 Å². The third kappa shape index (κ3) is 3.34. The molecule has 5 heterocycles. The number of allylic oxidation sites excluding steroid dienone is 1. The molecule has 1 N–H and O–H groups in total. The van der Waals surface area contributed by atoms with Gasteiger partial charge in [0.05, 0.1) is 17.2 Å². The minimum absolute atomic E-state index is 0.167. The first-order valence-corrected chi connectivity index (χ1v) is 13.5. The van der Waals surface area contributed by atoms with Crippen LogP contribution in [0.3, 0.4) is 0 Å². The van der Waals surface area contributed by atoms with E-state index in [2.05, 4.69) is 16.1 Å². The number of hydrogen-bond acceptors (Lipinski definition) is 7. The Labute approximate surface area is 208 Å². The second kappa shape index (κ2) is 8.18. The summed E-state index contributed by atoms with van der Waals surface area (Å²) in [6.07, 6.45) is 7.44. The Kier molecular flexibility index (Phi) is 5.17. The van der Waals surface area contributed by atoms with Crippen LogP contribution in [0, 0.1) is 18.3 Å². The van der Waals surface area contributed by atoms with E-state index in [4.69, 9.17) is 10.2 Å². The largest absolute Gasteiger partial charge is 0.385 e. The molecule has 2 bridgehead atoms. The van der Waals surface area contributed by atoms with Crippen molar-refractivity contribution in [1.29, 1.82) is 5.26 Å². The third-order valence-electron chi connectivity index (χ3n) is 7.32. The predicted octanol–water partition coefficient (Wildman–Crippen LogP) is 3.70. The average molecular weight is 503 g/mol. The third-order valence-corrected chi connectivity index (χ3v) is 9.01. The molecule has 2 unspecified atom stereocenters. The van der Waals surface area contributed by atoms with Crippen LogP contribution in [0.15, 0.2) is 59.3 Å². The Balaban J connectivity index is 1.56. The van der Waals surface area contributed by atoms with Gasteiger partial charge in [-0.05, 0) is 57.7 Å². The van der Waals surface area contributed by atoms with Gasteiger partial charge in [0.2, 0.25) is 0 Å². The van der Waals surface area contributed by atoms with Crippen molar-refractivity contribution in [1.82, 2.24) is 18.6 Å². The number of nitrogens with zero attached hydrogens (tertiary/aromatic N) is 6. The van der Waals surface area contributed by atoms with Crippen LogP contribution in [0.4, 0.5) is 0 Å². The molecule has 3 atom stereocenters. The molecule has 3 aromatic heterocycles. The highest BCUT2D eigenvalue weighted by Gasteiger charge is 2.41. The molecule has 0 spiro atoms. The zero-order chi connectivity index (χ0) is 25.2. The first kappa shape index (κ1) is 22.8. The molecule has 0 radical (unpaired) electrons. The van der Waals surface area contributed by atoms with Gasteiger partial charge >= 0.3 is 0 Å². The van der Waals surface area contributed by atoms with E-state index in [1.807, 2.05) is 11.6 Å². The molecular formula is C26H26N6O3S. The van der Waals surface area contributed by atoms with E-state index in [0.29, 0.717) is 22.4 Å². The quantitative estimate of drug-likeness (QED) is 0.423. The monoisotopic (exact) mass is 502 g/mol. The number of benzene rings is 1. The van der Waals surface area contributed by atoms with Crippen LogP contribution < -0.4 is 5.01 Å². The lowest BCUT2D eigenvalue weighted by atomic mass is 9.98. The SMILES string of the molecule is Cc1ccc(S(=O)(=O)n2ccc3c2ncc2nc([C@@H](C)O)n(N4C5CCC4CC(=CC#N)C5)c23)cc1. The van der Waals surface area contributed by atoms with E-state index in [9.17, 15) is 13.5 Å². The van der Waals surface area contributed by atoms with Crippen LogP contribution in [0.5, 0.6) is 0 Å². The molecule has 4 aromatic rings. The number of hydrogen-bond donors (Lipinski definition) is 1. The van der Waals surface area contributed by atoms with Crippen LogP contribution in [0.1, 0.15) is 50.1 Å². The first-order chi connectivity index (χ1) is 17.3. The van der Waals surface area contributed by atoms with Gasteiger partial charge < -0.3 is 10.1 Å². The molecule has 2 fully saturated rings. The number of imidazole rings is 1. The van der Waals surface area contributed by atoms with Crippen molar-refractivity contribution in [2.75, 3.05) is 5.01 Å². The summed E-state index contributed by atoms with van der Waals surface area (Å²) < 4.78 is 30.2. The van der Waals surface area contributed by atoms with Gasteiger partial charge in [0.25, 0.3) is 10.0 Å². The Morgan fingerprint density at radius 1 is 1.17 bits per heavy atom. The van der Waals surface area contributed by atoms with Crippen molar-refractivity contribution in [2.24, 2.45) is 0 Å². The topological polar surface area (TPSA) is 117 Å². The van der Waals surface area contributed by atoms with E-state index < -0.39 is 16.1 Å². The van der Waals surface area contributed by atoms with Crippen molar-refractivity contribution in [3.63, 3.8) is 0 Å². The fraction of sp³-hybridized carbons (Fsp3) is 0.346. The zero-order valence-electron chi connectivity index (χ0n) is 20.0. The molecule has 0 aliphatic carbocycles. The van der Waals surface area contributed by atoms with Gasteiger partial charge in [-0.15, -0.1) is 0 Å². The van der Waals surface area contributed by atoms with Crippen molar-refractivity contribution in [3.05, 3.63) is 65.8 Å². The molecule has 1 aromatic carbocycles. The standard InChI is InChI=1S/C26H26N6O3S/c1-16-3-7-21(8-4-16)36(34,35)30-12-10-22-24-23(15-28-26(22)30)29-25(17(2)33)32(24)31-19-5-6-20(31)14-18(13-19)9-11-27/h3-4,7-10,12,15,17,19-20,33H,5-6,13-14H2,1-2H3/t17-,19?,20?/m1/s1. The number of aromatic nitrogens is 4. The second-order valence-electron chi connectivity index (χ2n) is 9.72. The number of fused-ring (bicyclic) bond motifs is 5. The number of piperidine rings is 1. The molecule has 2 aliphatic rings. The van der Waals surface area contributed by atoms with Gasteiger partial charge in [-0.1, -0.05) is 23.3 Å². The van der Waals surface area contributed by atoms with Gasteiger partial charge in [0.1, 0.15) is 17.1 Å². The number of aryl methyl sites for hydroxylation is 1. The first-order valence-electron chi connectivity index (χ1n) is 12.0. The molecule has 0 amide bonds. The molecule has 2 saturated heterocycles. The summed E-state index contributed by atoms with van der Waals surface area (Å²) in [5, 5.41) is 22.7. The summed E-state index contributed by atoms with van der Waals surface area (Å²) >= 11 is 0. The minimum atomic E-state index is -3.85. The smallest absolute Gasteiger partial charge is 0.269 e. The molecule has 9 nitrogen and oxygen atoms in total. The Morgan fingerprint density at radius 2 is 1.86 bits per heavy atom. The Morgan fingerprint density at radius 3 is 2.50 bits per heavy atom. The highest BCUT2D eigenvalue weighted by Crippen LogP contribution is 2.40. The highest BCUT2D eigenvalue weighted by molar-refractivity contribution is 7.90. The number of pyridine rings is 1. The maximum atomic E-state index is 13.5. The summed E-state index contributed by atoms with van der Waals surface area (Å²) in [7, 11) is -3.85. The Hall–Kier alpha value is -3.68. The normalized spacial score (nSPS) is 20.7. The van der Waals surface area contributed by atoms with E-state index in [0.717, 1.165) is 42.3 Å². The average Bonchev–Trinajstić information content (AvgIpc) is 3.51. The van der Waals surface area contributed by atoms with E-state index >= 15 is 0 Å². The van der Waals surface area contributed by atoms with Crippen molar-refractivity contribution in [3.8, 4) is 6.07 Å². The molecule has 36 heavy (non-hydrogen) atoms. The van der Waals surface area contributed by atoms with Crippen LogP contribution >= 0.6 is 0 Å². The van der Waals surface area contributed by atoms with Crippen LogP contribution in [0.2, 0.25) is 0 Å². The van der Waals surface area contributed by atoms with Crippen molar-refractivity contribution < 1.29 is 13.5 Å². The van der Waals surface area contributed by atoms with Crippen LogP contribution in [-0.4, -0.2) is 44.2 Å². The lowest BCUT2D eigenvalue weighted by Gasteiger charge is -2.39. The summed E-state index contributed by atoms with van der Waals surface area (Å²) in [5.41, 5.74) is 3.77. The number of aliphatic hydroxyl groups excluding tert-OH is 1. The van der Waals surface area contributed by atoms with Crippen LogP contribution in [0.25, 0.3) is 22.1 Å². The van der Waals surface area contributed by atoms with Crippen LogP contribution in [-0.2, 0) is 10.0 Å². The number of rotatable bonds is 4. The molecule has 184 valence electrons. The second-order valence-corrected chi connectivity index (χ2v) is 11.5. The zero-order valence-corrected chi connectivity index (χ0v) is 20.9. The fourth-order valence-corrected chi connectivity index (χ4v) is 7.01. The van der Waals surface area contributed by atoms with Gasteiger partial charge in [-0.25, -0.2) is 27.0 Å². The van der Waals surface area contributed by atoms with Crippen molar-refractivity contribution >= 4 is 32.1 Å². The lowest BCUT2D eigenvalue weighted by molar-refractivity contribution is 0.182. The fourth-order valence-electron chi connectivity index (χ4n) is 5.71. The summed E-state index contributed by atoms with van der Waals surface area (Å²) in [4.78, 5) is 9.39. The molecule has 10 heteroatoms. The molecule has 0 saturated carbocycles. The van der Waals surface area contributed by atoms with E-state index in [-0.39, 0.29) is 17.0 Å². The minimum Gasteiger partial charge on any atom is -0.385 e. The molecule has 2 aliphatic heterocycles. The van der Waals surface area contributed by atoms with Gasteiger partial charge in [-0.3, -0.25) is 0 Å². The summed E-state index contributed by atoms with van der Waals surface area (Å²) in [5.74, 6) is 0.498. The molecule has 6 rings (SSSR count). The Bertz CT molecular complexity index is 1660. The maximum Gasteiger partial charge on any atom is 0.269 e. The van der Waals surface area contributed by atoms with Gasteiger partial charge in [-0.2, -0.15) is 5.26 Å². The number of nitriles is 1. The van der Waals surface area contributed by atoms with E-state index in [1.165, 1.54) is 10.2 Å². The predicted molar refractivity (Wildman–Crippen MR) is 135 cm³/mol. The van der Waals surface area contributed by atoms with Gasteiger partial charge in [0.15, 0.2) is 11.5 Å². The van der Waals surface area contributed by atoms with Crippen molar-refractivity contribution in [2.45, 2.75) is 62.6 Å². The summed E-state index contributed by atoms with van der Waals surface area (Å²) in [6.45, 7) is 3.59. The maximum absolute atomic E-state index is 13.5. The number of aliphatic hydroxyl groups is 1. The highest BCUT2D eigenvalue weighted by atomic mass is 32.2. The molecular weight excluding hydrogens is 476 g/mol. The van der Waals surface area contributed by atoms with E-state index in [1.54, 1.807) is 49.5 Å². The lowest BCUT2D eigenvalue weighted by Crippen LogP contribution is -2.49. The summed E-state index contributed by atoms with van der Waals surface area (Å²) in [6, 6.07) is 11.0.